The number of carbonyl (C=O) groups is 2. The Morgan fingerprint density at radius 1 is 1.15 bits per heavy atom. The van der Waals surface area contributed by atoms with Gasteiger partial charge in [-0.25, -0.2) is 4.68 Å². The fraction of sp³-hybridized carbons (Fsp3) is 0.269. The van der Waals surface area contributed by atoms with Crippen molar-refractivity contribution in [3.05, 3.63) is 82.2 Å². The number of benzene rings is 2. The van der Waals surface area contributed by atoms with Crippen LogP contribution in [-0.2, 0) is 4.79 Å². The number of nitrogens with zero attached hydrogens (tertiary/aromatic N) is 2. The van der Waals surface area contributed by atoms with Crippen molar-refractivity contribution in [3.63, 3.8) is 0 Å². The highest BCUT2D eigenvalue weighted by Crippen LogP contribution is 2.43. The van der Waals surface area contributed by atoms with Crippen molar-refractivity contribution >= 4 is 23.2 Å². The summed E-state index contributed by atoms with van der Waals surface area (Å²) < 4.78 is 7.34. The van der Waals surface area contributed by atoms with Crippen LogP contribution in [-0.4, -0.2) is 28.6 Å². The van der Waals surface area contributed by atoms with Crippen LogP contribution < -0.4 is 15.4 Å². The Balaban J connectivity index is 1.58. The largest absolute Gasteiger partial charge is 0.496 e. The lowest BCUT2D eigenvalue weighted by Gasteiger charge is -2.34. The van der Waals surface area contributed by atoms with Gasteiger partial charge < -0.3 is 15.4 Å². The number of rotatable bonds is 4. The van der Waals surface area contributed by atoms with Crippen molar-refractivity contribution in [1.82, 2.24) is 9.78 Å². The monoisotopic (exact) mass is 442 g/mol. The molecule has 2 N–H and O–H groups in total. The van der Waals surface area contributed by atoms with E-state index in [1.165, 1.54) is 5.56 Å². The molecule has 7 nitrogen and oxygen atoms in total. The summed E-state index contributed by atoms with van der Waals surface area (Å²) in [6.45, 7) is 4.05. The molecule has 1 aliphatic heterocycles. The van der Waals surface area contributed by atoms with Crippen molar-refractivity contribution in [2.75, 3.05) is 17.7 Å². The molecule has 1 aromatic heterocycles. The molecule has 0 radical (unpaired) electrons. The lowest BCUT2D eigenvalue weighted by Crippen LogP contribution is -2.32. The van der Waals surface area contributed by atoms with E-state index in [9.17, 15) is 9.59 Å². The summed E-state index contributed by atoms with van der Waals surface area (Å²) in [6, 6.07) is 13.0. The number of anilines is 2. The lowest BCUT2D eigenvalue weighted by molar-refractivity contribution is -0.116. The van der Waals surface area contributed by atoms with Gasteiger partial charge in [-0.15, -0.1) is 0 Å². The molecule has 7 heteroatoms. The summed E-state index contributed by atoms with van der Waals surface area (Å²) in [7, 11) is 1.62. The van der Waals surface area contributed by atoms with Crippen LogP contribution in [0.2, 0.25) is 0 Å². The predicted octanol–water partition coefficient (Wildman–Crippen LogP) is 4.78. The SMILES string of the molecule is COc1ccccc1[C@H]1C2=C(CCCC2=O)Nc2c(C(=O)Nc3ccc(C)c(C)c3)cnn21. The molecule has 2 aliphatic rings. The lowest BCUT2D eigenvalue weighted by atomic mass is 9.85. The summed E-state index contributed by atoms with van der Waals surface area (Å²) in [6.07, 6.45) is 3.59. The molecule has 0 fully saturated rings. The number of hydrogen-bond acceptors (Lipinski definition) is 5. The van der Waals surface area contributed by atoms with Crippen LogP contribution in [0.1, 0.15) is 52.4 Å². The Morgan fingerprint density at radius 3 is 2.76 bits per heavy atom. The molecular weight excluding hydrogens is 416 g/mol. The van der Waals surface area contributed by atoms with E-state index in [1.807, 2.05) is 56.3 Å². The second-order valence-corrected chi connectivity index (χ2v) is 8.54. The van der Waals surface area contributed by atoms with Crippen LogP contribution in [0.25, 0.3) is 0 Å². The number of allylic oxidation sites excluding steroid dienone is 2. The van der Waals surface area contributed by atoms with Gasteiger partial charge in [0.25, 0.3) is 5.91 Å². The fourth-order valence-corrected chi connectivity index (χ4v) is 4.62. The highest BCUT2D eigenvalue weighted by molar-refractivity contribution is 6.08. The molecule has 1 aliphatic carbocycles. The van der Waals surface area contributed by atoms with E-state index >= 15 is 0 Å². The maximum Gasteiger partial charge on any atom is 0.261 e. The Bertz CT molecular complexity index is 1300. The molecule has 0 bridgehead atoms. The summed E-state index contributed by atoms with van der Waals surface area (Å²) >= 11 is 0. The molecule has 1 atom stereocenters. The van der Waals surface area contributed by atoms with Gasteiger partial charge in [0.15, 0.2) is 5.78 Å². The van der Waals surface area contributed by atoms with E-state index < -0.39 is 6.04 Å². The van der Waals surface area contributed by atoms with Crippen LogP contribution in [0, 0.1) is 13.8 Å². The molecule has 2 aromatic carbocycles. The van der Waals surface area contributed by atoms with Gasteiger partial charge in [-0.05, 0) is 56.0 Å². The Kier molecular flexibility index (Phi) is 5.24. The first-order valence-electron chi connectivity index (χ1n) is 11.1. The molecule has 2 heterocycles. The molecular formula is C26H26N4O3. The standard InChI is InChI=1S/C26H26N4O3/c1-15-11-12-17(13-16(15)2)28-26(32)19-14-27-30-24(18-7-4-5-10-22(18)33-3)23-20(29-25(19)30)8-6-9-21(23)31/h4-5,7,10-14,24,29H,6,8-9H2,1-3H3,(H,28,32)/t24-/m0/s1. The number of ether oxygens (including phenoxy) is 1. The second kappa shape index (κ2) is 8.24. The number of aryl methyl sites for hydroxylation is 2. The van der Waals surface area contributed by atoms with Crippen molar-refractivity contribution in [3.8, 4) is 5.75 Å². The smallest absolute Gasteiger partial charge is 0.261 e. The molecule has 0 saturated carbocycles. The zero-order valence-corrected chi connectivity index (χ0v) is 18.9. The Hall–Kier alpha value is -3.87. The molecule has 168 valence electrons. The Morgan fingerprint density at radius 2 is 1.97 bits per heavy atom. The molecule has 0 spiro atoms. The summed E-state index contributed by atoms with van der Waals surface area (Å²) in [4.78, 5) is 26.2. The van der Waals surface area contributed by atoms with Gasteiger partial charge in [0.1, 0.15) is 23.2 Å². The summed E-state index contributed by atoms with van der Waals surface area (Å²) in [5.74, 6) is 1.11. The van der Waals surface area contributed by atoms with Gasteiger partial charge in [0.2, 0.25) is 0 Å². The average Bonchev–Trinajstić information content (AvgIpc) is 3.24. The maximum atomic E-state index is 13.2. The number of fused-ring (bicyclic) bond motifs is 1. The van der Waals surface area contributed by atoms with E-state index in [2.05, 4.69) is 15.7 Å². The summed E-state index contributed by atoms with van der Waals surface area (Å²) in [5.41, 5.74) is 5.83. The van der Waals surface area contributed by atoms with E-state index in [-0.39, 0.29) is 11.7 Å². The molecule has 1 amide bonds. The van der Waals surface area contributed by atoms with Crippen LogP contribution in [0.4, 0.5) is 11.5 Å². The molecule has 33 heavy (non-hydrogen) atoms. The van der Waals surface area contributed by atoms with E-state index in [0.717, 1.165) is 35.4 Å². The average molecular weight is 443 g/mol. The maximum absolute atomic E-state index is 13.2. The van der Waals surface area contributed by atoms with Crippen molar-refractivity contribution in [1.29, 1.82) is 0 Å². The normalized spacial score (nSPS) is 17.2. The minimum atomic E-state index is -0.455. The van der Waals surface area contributed by atoms with Crippen molar-refractivity contribution < 1.29 is 14.3 Å². The van der Waals surface area contributed by atoms with Crippen LogP contribution in [0.5, 0.6) is 5.75 Å². The topological polar surface area (TPSA) is 85.2 Å². The van der Waals surface area contributed by atoms with Gasteiger partial charge in [-0.1, -0.05) is 24.3 Å². The highest BCUT2D eigenvalue weighted by Gasteiger charge is 2.38. The minimum absolute atomic E-state index is 0.0990. The third-order valence-corrected chi connectivity index (χ3v) is 6.48. The number of ketones is 1. The van der Waals surface area contributed by atoms with E-state index in [1.54, 1.807) is 18.0 Å². The number of hydrogen-bond donors (Lipinski definition) is 2. The quantitative estimate of drug-likeness (QED) is 0.607. The van der Waals surface area contributed by atoms with Crippen LogP contribution in [0.3, 0.4) is 0 Å². The zero-order valence-electron chi connectivity index (χ0n) is 18.9. The first kappa shape index (κ1) is 21.0. The third-order valence-electron chi connectivity index (χ3n) is 6.48. The van der Waals surface area contributed by atoms with Crippen molar-refractivity contribution in [2.45, 2.75) is 39.2 Å². The predicted molar refractivity (Wildman–Crippen MR) is 127 cm³/mol. The number of methoxy groups -OCH3 is 1. The first-order valence-corrected chi connectivity index (χ1v) is 11.1. The molecule has 3 aromatic rings. The van der Waals surface area contributed by atoms with Gasteiger partial charge in [0, 0.05) is 28.9 Å². The number of para-hydroxylation sites is 1. The van der Waals surface area contributed by atoms with E-state index in [4.69, 9.17) is 4.74 Å². The Labute approximate surface area is 192 Å². The second-order valence-electron chi connectivity index (χ2n) is 8.54. The van der Waals surface area contributed by atoms with Crippen molar-refractivity contribution in [2.24, 2.45) is 0 Å². The molecule has 0 saturated heterocycles. The zero-order chi connectivity index (χ0) is 23.1. The number of Topliss-reactive ketones (excluding diaryl/α,β-unsaturated/α-hetero) is 1. The van der Waals surface area contributed by atoms with E-state index in [0.29, 0.717) is 29.1 Å². The number of nitrogens with one attached hydrogen (secondary N) is 2. The van der Waals surface area contributed by atoms with Gasteiger partial charge in [-0.2, -0.15) is 5.10 Å². The number of amides is 1. The molecule has 5 rings (SSSR count). The van der Waals surface area contributed by atoms with Gasteiger partial charge in [-0.3, -0.25) is 9.59 Å². The molecule has 0 unspecified atom stereocenters. The van der Waals surface area contributed by atoms with Gasteiger partial charge >= 0.3 is 0 Å². The first-order chi connectivity index (χ1) is 16.0. The number of aromatic nitrogens is 2. The van der Waals surface area contributed by atoms with Crippen LogP contribution >= 0.6 is 0 Å². The highest BCUT2D eigenvalue weighted by atomic mass is 16.5. The summed E-state index contributed by atoms with van der Waals surface area (Å²) in [5, 5.41) is 10.9. The third kappa shape index (κ3) is 3.59. The minimum Gasteiger partial charge on any atom is -0.496 e. The number of carbonyl (C=O) groups excluding carboxylic acids is 2. The van der Waals surface area contributed by atoms with Gasteiger partial charge in [0.05, 0.1) is 13.3 Å². The van der Waals surface area contributed by atoms with Crippen LogP contribution in [0.15, 0.2) is 59.9 Å². The fourth-order valence-electron chi connectivity index (χ4n) is 4.62.